The van der Waals surface area contributed by atoms with Crippen LogP contribution in [0.1, 0.15) is 39.1 Å². The maximum absolute atomic E-state index is 14.3. The number of rotatable bonds is 12. The van der Waals surface area contributed by atoms with Crippen molar-refractivity contribution in [2.75, 3.05) is 45.9 Å². The van der Waals surface area contributed by atoms with Gasteiger partial charge in [-0.25, -0.2) is 4.98 Å². The van der Waals surface area contributed by atoms with E-state index in [1.54, 1.807) is 28.8 Å². The number of fused-ring (bicyclic) bond motifs is 1. The molecule has 250 valence electrons. The number of ether oxygens (including phenoxy) is 2. The fourth-order valence-electron chi connectivity index (χ4n) is 5.56. The van der Waals surface area contributed by atoms with E-state index in [1.165, 1.54) is 0 Å². The maximum atomic E-state index is 14.3. The summed E-state index contributed by atoms with van der Waals surface area (Å²) < 4.78 is 13.5. The van der Waals surface area contributed by atoms with Crippen LogP contribution < -0.4 is 15.0 Å². The van der Waals surface area contributed by atoms with Crippen molar-refractivity contribution in [1.29, 1.82) is 0 Å². The van der Waals surface area contributed by atoms with Gasteiger partial charge in [0, 0.05) is 37.7 Å². The lowest BCUT2D eigenvalue weighted by Gasteiger charge is -2.34. The Kier molecular flexibility index (Phi) is 13.0. The fourth-order valence-corrected chi connectivity index (χ4v) is 5.68. The first kappa shape index (κ1) is 35.7. The standard InChI is InChI=1S/C35H42ClN5O4.C2H4/c1-5-38(6-2)22-26-11-16-30-29(21-26)35(43)41(31-9-7-8-10-32(31)45-25(3)4)33(37-30)23-39-17-19-40(20-18-39)34(42)24-44-28-14-12-27(36)13-15-28;1-2/h7-16,21,25H,5-6,17-20,22-24H2,1-4H3;1-2H2. The lowest BCUT2D eigenvalue weighted by molar-refractivity contribution is -0.135. The predicted molar refractivity (Wildman–Crippen MR) is 190 cm³/mol. The van der Waals surface area contributed by atoms with Gasteiger partial charge in [0.2, 0.25) is 0 Å². The first-order valence-electron chi connectivity index (χ1n) is 16.2. The third-order valence-electron chi connectivity index (χ3n) is 8.04. The second-order valence-corrected chi connectivity index (χ2v) is 12.0. The van der Waals surface area contributed by atoms with Gasteiger partial charge in [0.05, 0.1) is 29.2 Å². The van der Waals surface area contributed by atoms with Gasteiger partial charge in [-0.1, -0.05) is 43.6 Å². The van der Waals surface area contributed by atoms with Crippen molar-refractivity contribution < 1.29 is 14.3 Å². The Morgan fingerprint density at radius 3 is 2.32 bits per heavy atom. The van der Waals surface area contributed by atoms with Crippen LogP contribution in [0, 0.1) is 0 Å². The van der Waals surface area contributed by atoms with Crippen molar-refractivity contribution >= 4 is 28.4 Å². The zero-order valence-corrected chi connectivity index (χ0v) is 28.7. The van der Waals surface area contributed by atoms with E-state index in [1.807, 2.05) is 55.1 Å². The van der Waals surface area contributed by atoms with Gasteiger partial charge in [0.1, 0.15) is 17.3 Å². The van der Waals surface area contributed by atoms with Gasteiger partial charge in [-0.3, -0.25) is 24.0 Å². The van der Waals surface area contributed by atoms with Gasteiger partial charge < -0.3 is 14.4 Å². The molecule has 1 aromatic heterocycles. The average molecular weight is 660 g/mol. The molecule has 0 atom stereocenters. The summed E-state index contributed by atoms with van der Waals surface area (Å²) in [5.41, 5.74) is 2.30. The third-order valence-corrected chi connectivity index (χ3v) is 8.29. The zero-order chi connectivity index (χ0) is 33.9. The molecule has 1 aliphatic heterocycles. The molecule has 1 saturated heterocycles. The second-order valence-electron chi connectivity index (χ2n) is 11.5. The monoisotopic (exact) mass is 659 g/mol. The number of hydrogen-bond acceptors (Lipinski definition) is 7. The van der Waals surface area contributed by atoms with E-state index in [0.717, 1.165) is 25.2 Å². The number of hydrogen-bond donors (Lipinski definition) is 0. The second kappa shape index (κ2) is 17.1. The molecule has 0 spiro atoms. The zero-order valence-electron chi connectivity index (χ0n) is 28.0. The highest BCUT2D eigenvalue weighted by molar-refractivity contribution is 6.30. The van der Waals surface area contributed by atoms with Crippen LogP contribution in [0.15, 0.2) is 84.7 Å². The van der Waals surface area contributed by atoms with E-state index in [-0.39, 0.29) is 24.2 Å². The summed E-state index contributed by atoms with van der Waals surface area (Å²) in [6.45, 7) is 19.7. The lowest BCUT2D eigenvalue weighted by Crippen LogP contribution is -2.50. The molecular formula is C37H46ClN5O4. The largest absolute Gasteiger partial charge is 0.489 e. The number of nitrogens with zero attached hydrogens (tertiary/aromatic N) is 5. The summed E-state index contributed by atoms with van der Waals surface area (Å²) in [6, 6.07) is 20.6. The Morgan fingerprint density at radius 2 is 1.66 bits per heavy atom. The molecule has 0 bridgehead atoms. The van der Waals surface area contributed by atoms with Crippen LogP contribution in [0.25, 0.3) is 16.6 Å². The van der Waals surface area contributed by atoms with E-state index in [2.05, 4.69) is 42.9 Å². The number of carbonyl (C=O) groups is 1. The number of carbonyl (C=O) groups excluding carboxylic acids is 1. The van der Waals surface area contributed by atoms with Gasteiger partial charge in [-0.2, -0.15) is 0 Å². The van der Waals surface area contributed by atoms with Crippen LogP contribution >= 0.6 is 11.6 Å². The highest BCUT2D eigenvalue weighted by atomic mass is 35.5. The van der Waals surface area contributed by atoms with Crippen molar-refractivity contribution in [2.45, 2.75) is 46.9 Å². The van der Waals surface area contributed by atoms with E-state index in [0.29, 0.717) is 71.7 Å². The maximum Gasteiger partial charge on any atom is 0.266 e. The van der Waals surface area contributed by atoms with E-state index < -0.39 is 0 Å². The molecule has 2 heterocycles. The van der Waals surface area contributed by atoms with Gasteiger partial charge in [-0.05, 0) is 81.0 Å². The van der Waals surface area contributed by atoms with E-state index in [9.17, 15) is 9.59 Å². The minimum atomic E-state index is -0.121. The Morgan fingerprint density at radius 1 is 0.979 bits per heavy atom. The van der Waals surface area contributed by atoms with Gasteiger partial charge in [-0.15, -0.1) is 13.2 Å². The molecule has 3 aromatic carbocycles. The normalized spacial score (nSPS) is 13.5. The molecule has 0 N–H and O–H groups in total. The number of aromatic nitrogens is 2. The van der Waals surface area contributed by atoms with Crippen LogP contribution in [0.3, 0.4) is 0 Å². The van der Waals surface area contributed by atoms with Crippen LogP contribution in [0.2, 0.25) is 5.02 Å². The van der Waals surface area contributed by atoms with Gasteiger partial charge >= 0.3 is 0 Å². The Labute approximate surface area is 283 Å². The van der Waals surface area contributed by atoms with Crippen molar-refractivity contribution in [3.05, 3.63) is 107 Å². The minimum Gasteiger partial charge on any atom is -0.489 e. The SMILES string of the molecule is C=C.CCN(CC)Cc1ccc2nc(CN3CCN(C(=O)COc4ccc(Cl)cc4)CC3)n(-c3ccccc3OC(C)C)c(=O)c2c1. The number of halogens is 1. The van der Waals surface area contributed by atoms with Gasteiger partial charge in [0.15, 0.2) is 6.61 Å². The predicted octanol–water partition coefficient (Wildman–Crippen LogP) is 6.19. The molecule has 0 unspecified atom stereocenters. The number of amides is 1. The summed E-state index contributed by atoms with van der Waals surface area (Å²) in [5, 5.41) is 1.20. The summed E-state index contributed by atoms with van der Waals surface area (Å²) in [6.07, 6.45) is -0.0614. The highest BCUT2D eigenvalue weighted by Crippen LogP contribution is 2.26. The fraction of sp³-hybridized carbons (Fsp3) is 0.378. The molecule has 9 nitrogen and oxygen atoms in total. The quantitative estimate of drug-likeness (QED) is 0.168. The van der Waals surface area contributed by atoms with Crippen LogP contribution in [-0.2, 0) is 17.9 Å². The molecule has 1 aliphatic rings. The Bertz CT molecular complexity index is 1680. The van der Waals surface area contributed by atoms with Crippen molar-refractivity contribution in [3.63, 3.8) is 0 Å². The van der Waals surface area contributed by atoms with Crippen molar-refractivity contribution in [1.82, 2.24) is 24.3 Å². The van der Waals surface area contributed by atoms with Crippen molar-refractivity contribution in [3.8, 4) is 17.2 Å². The molecule has 5 rings (SSSR count). The molecule has 4 aromatic rings. The summed E-state index contributed by atoms with van der Waals surface area (Å²) >= 11 is 5.94. The van der Waals surface area contributed by atoms with Crippen LogP contribution in [0.4, 0.5) is 0 Å². The number of piperazine rings is 1. The molecule has 1 fully saturated rings. The molecule has 10 heteroatoms. The average Bonchev–Trinajstić information content (AvgIpc) is 3.08. The molecule has 0 saturated carbocycles. The Hall–Kier alpha value is -4.18. The topological polar surface area (TPSA) is 80.1 Å². The van der Waals surface area contributed by atoms with Crippen molar-refractivity contribution in [2.24, 2.45) is 0 Å². The Balaban J connectivity index is 0.00000245. The minimum absolute atomic E-state index is 0.0314. The number of para-hydroxylation sites is 2. The highest BCUT2D eigenvalue weighted by Gasteiger charge is 2.24. The number of benzene rings is 3. The molecular weight excluding hydrogens is 614 g/mol. The molecule has 1 amide bonds. The molecule has 0 radical (unpaired) electrons. The summed E-state index contributed by atoms with van der Waals surface area (Å²) in [4.78, 5) is 38.6. The molecule has 47 heavy (non-hydrogen) atoms. The lowest BCUT2D eigenvalue weighted by atomic mass is 10.1. The first-order chi connectivity index (χ1) is 22.7. The summed E-state index contributed by atoms with van der Waals surface area (Å²) in [7, 11) is 0. The third kappa shape index (κ3) is 9.22. The first-order valence-corrected chi connectivity index (χ1v) is 16.5. The molecule has 0 aliphatic carbocycles. The van der Waals surface area contributed by atoms with Gasteiger partial charge in [0.25, 0.3) is 11.5 Å². The van der Waals surface area contributed by atoms with E-state index in [4.69, 9.17) is 26.1 Å². The smallest absolute Gasteiger partial charge is 0.266 e. The van der Waals surface area contributed by atoms with Crippen LogP contribution in [0.5, 0.6) is 11.5 Å². The summed E-state index contributed by atoms with van der Waals surface area (Å²) in [5.74, 6) is 1.81. The van der Waals surface area contributed by atoms with Crippen LogP contribution in [-0.4, -0.2) is 82.1 Å². The van der Waals surface area contributed by atoms with E-state index >= 15 is 0 Å².